The van der Waals surface area contributed by atoms with Crippen LogP contribution >= 0.6 is 0 Å². The molecular formula is C15H17N3O3. The van der Waals surface area contributed by atoms with Crippen LogP contribution in [0.15, 0.2) is 18.3 Å². The Labute approximate surface area is 122 Å². The SMILES string of the molecule is CCc1nnc(Oc2cccnc2C)c(C(=O)O)c1CC. The second-order valence-electron chi connectivity index (χ2n) is 4.51. The van der Waals surface area contributed by atoms with Crippen LogP contribution < -0.4 is 4.74 Å². The van der Waals surface area contributed by atoms with E-state index >= 15 is 0 Å². The summed E-state index contributed by atoms with van der Waals surface area (Å²) in [6.07, 6.45) is 2.83. The molecule has 6 heteroatoms. The summed E-state index contributed by atoms with van der Waals surface area (Å²) in [6, 6.07) is 3.44. The smallest absolute Gasteiger partial charge is 0.341 e. The number of carboxylic acids is 1. The Morgan fingerprint density at radius 2 is 2.05 bits per heavy atom. The van der Waals surface area contributed by atoms with Gasteiger partial charge in [0.25, 0.3) is 5.88 Å². The van der Waals surface area contributed by atoms with Crippen molar-refractivity contribution >= 4 is 5.97 Å². The van der Waals surface area contributed by atoms with E-state index in [4.69, 9.17) is 4.74 Å². The molecule has 0 saturated heterocycles. The van der Waals surface area contributed by atoms with Crippen molar-refractivity contribution in [1.29, 1.82) is 0 Å². The van der Waals surface area contributed by atoms with E-state index in [1.807, 2.05) is 13.8 Å². The van der Waals surface area contributed by atoms with Crippen LogP contribution in [-0.2, 0) is 12.8 Å². The third-order valence-electron chi connectivity index (χ3n) is 3.19. The highest BCUT2D eigenvalue weighted by Crippen LogP contribution is 2.28. The molecule has 0 aliphatic carbocycles. The molecular weight excluding hydrogens is 270 g/mol. The highest BCUT2D eigenvalue weighted by Gasteiger charge is 2.22. The minimum Gasteiger partial charge on any atom is -0.477 e. The van der Waals surface area contributed by atoms with E-state index in [9.17, 15) is 9.90 Å². The Morgan fingerprint density at radius 1 is 1.29 bits per heavy atom. The molecule has 0 saturated carbocycles. The fraction of sp³-hybridized carbons (Fsp3) is 0.333. The van der Waals surface area contributed by atoms with Crippen LogP contribution in [0, 0.1) is 6.92 Å². The molecule has 0 unspecified atom stereocenters. The molecule has 0 aliphatic heterocycles. The number of nitrogens with zero attached hydrogens (tertiary/aromatic N) is 3. The maximum atomic E-state index is 11.6. The van der Waals surface area contributed by atoms with Gasteiger partial charge in [0, 0.05) is 6.20 Å². The van der Waals surface area contributed by atoms with Crippen LogP contribution in [0.5, 0.6) is 11.6 Å². The van der Waals surface area contributed by atoms with E-state index in [0.717, 1.165) is 0 Å². The lowest BCUT2D eigenvalue weighted by atomic mass is 10.0. The fourth-order valence-corrected chi connectivity index (χ4v) is 2.13. The van der Waals surface area contributed by atoms with Crippen molar-refractivity contribution in [2.45, 2.75) is 33.6 Å². The first kappa shape index (κ1) is 14.9. The summed E-state index contributed by atoms with van der Waals surface area (Å²) < 4.78 is 5.63. The van der Waals surface area contributed by atoms with Gasteiger partial charge < -0.3 is 9.84 Å². The first-order chi connectivity index (χ1) is 10.1. The standard InChI is InChI=1S/C15H17N3O3/c1-4-10-11(5-2)17-18-14(13(10)15(19)20)21-12-7-6-8-16-9(12)3/h6-8H,4-5H2,1-3H3,(H,19,20). The molecule has 0 aromatic carbocycles. The molecule has 0 fully saturated rings. The molecule has 0 amide bonds. The Hall–Kier alpha value is -2.50. The molecule has 110 valence electrons. The third kappa shape index (κ3) is 2.99. The molecule has 0 radical (unpaired) electrons. The number of aromatic nitrogens is 3. The molecule has 2 aromatic heterocycles. The molecule has 2 rings (SSSR count). The lowest BCUT2D eigenvalue weighted by Crippen LogP contribution is -2.12. The summed E-state index contributed by atoms with van der Waals surface area (Å²) in [5.41, 5.74) is 2.09. The van der Waals surface area contributed by atoms with Crippen molar-refractivity contribution < 1.29 is 14.6 Å². The van der Waals surface area contributed by atoms with Crippen LogP contribution in [-0.4, -0.2) is 26.3 Å². The van der Waals surface area contributed by atoms with Gasteiger partial charge in [-0.3, -0.25) is 4.98 Å². The van der Waals surface area contributed by atoms with Gasteiger partial charge in [-0.2, -0.15) is 5.10 Å². The summed E-state index contributed by atoms with van der Waals surface area (Å²) in [4.78, 5) is 15.7. The van der Waals surface area contributed by atoms with Gasteiger partial charge in [0.15, 0.2) is 5.75 Å². The van der Waals surface area contributed by atoms with Gasteiger partial charge in [0.1, 0.15) is 5.56 Å². The first-order valence-electron chi connectivity index (χ1n) is 6.79. The van der Waals surface area contributed by atoms with E-state index in [-0.39, 0.29) is 11.4 Å². The van der Waals surface area contributed by atoms with Crippen LogP contribution in [0.1, 0.15) is 41.2 Å². The minimum atomic E-state index is -1.06. The molecule has 0 atom stereocenters. The number of pyridine rings is 1. The van der Waals surface area contributed by atoms with E-state index in [1.54, 1.807) is 25.3 Å². The second kappa shape index (κ2) is 6.30. The molecule has 1 N–H and O–H groups in total. The zero-order chi connectivity index (χ0) is 15.4. The number of carbonyl (C=O) groups is 1. The number of aryl methyl sites for hydroxylation is 2. The molecule has 21 heavy (non-hydrogen) atoms. The molecule has 2 aromatic rings. The largest absolute Gasteiger partial charge is 0.477 e. The van der Waals surface area contributed by atoms with Crippen molar-refractivity contribution in [2.75, 3.05) is 0 Å². The van der Waals surface area contributed by atoms with Crippen molar-refractivity contribution in [3.8, 4) is 11.6 Å². The zero-order valence-corrected chi connectivity index (χ0v) is 12.3. The van der Waals surface area contributed by atoms with Crippen molar-refractivity contribution in [3.05, 3.63) is 40.8 Å². The lowest BCUT2D eigenvalue weighted by molar-refractivity contribution is 0.0691. The van der Waals surface area contributed by atoms with E-state index in [2.05, 4.69) is 15.2 Å². The number of hydrogen-bond donors (Lipinski definition) is 1. The third-order valence-corrected chi connectivity index (χ3v) is 3.19. The van der Waals surface area contributed by atoms with Gasteiger partial charge >= 0.3 is 5.97 Å². The normalized spacial score (nSPS) is 10.4. The number of carboxylic acid groups (broad SMARTS) is 1. The average molecular weight is 287 g/mol. The maximum absolute atomic E-state index is 11.6. The number of aromatic carboxylic acids is 1. The second-order valence-corrected chi connectivity index (χ2v) is 4.51. The Bertz CT molecular complexity index is 671. The van der Waals surface area contributed by atoms with Crippen LogP contribution in [0.2, 0.25) is 0 Å². The Kier molecular flexibility index (Phi) is 4.47. The van der Waals surface area contributed by atoms with Gasteiger partial charge in [-0.25, -0.2) is 4.79 Å². The van der Waals surface area contributed by atoms with E-state index < -0.39 is 5.97 Å². The molecule has 0 bridgehead atoms. The Morgan fingerprint density at radius 3 is 2.62 bits per heavy atom. The number of rotatable bonds is 5. The van der Waals surface area contributed by atoms with Crippen molar-refractivity contribution in [2.24, 2.45) is 0 Å². The quantitative estimate of drug-likeness (QED) is 0.910. The van der Waals surface area contributed by atoms with Crippen LogP contribution in [0.3, 0.4) is 0 Å². The van der Waals surface area contributed by atoms with Crippen LogP contribution in [0.25, 0.3) is 0 Å². The maximum Gasteiger partial charge on any atom is 0.341 e. The molecule has 0 aliphatic rings. The topological polar surface area (TPSA) is 85.2 Å². The molecule has 2 heterocycles. The summed E-state index contributed by atoms with van der Waals surface area (Å²) >= 11 is 0. The highest BCUT2D eigenvalue weighted by atomic mass is 16.5. The average Bonchev–Trinajstić information content (AvgIpc) is 2.48. The minimum absolute atomic E-state index is 0.00708. The van der Waals surface area contributed by atoms with E-state index in [0.29, 0.717) is 35.5 Å². The number of ether oxygens (including phenoxy) is 1. The number of hydrogen-bond acceptors (Lipinski definition) is 5. The van der Waals surface area contributed by atoms with Gasteiger partial charge in [-0.15, -0.1) is 5.10 Å². The zero-order valence-electron chi connectivity index (χ0n) is 12.3. The van der Waals surface area contributed by atoms with Crippen LogP contribution in [0.4, 0.5) is 0 Å². The summed E-state index contributed by atoms with van der Waals surface area (Å²) in [5, 5.41) is 17.5. The monoisotopic (exact) mass is 287 g/mol. The molecule has 6 nitrogen and oxygen atoms in total. The van der Waals surface area contributed by atoms with Gasteiger partial charge in [-0.05, 0) is 37.5 Å². The lowest BCUT2D eigenvalue weighted by Gasteiger charge is -2.13. The van der Waals surface area contributed by atoms with Gasteiger partial charge in [0.05, 0.1) is 11.4 Å². The predicted molar refractivity (Wildman–Crippen MR) is 76.8 cm³/mol. The summed E-state index contributed by atoms with van der Waals surface area (Å²) in [6.45, 7) is 5.59. The first-order valence-corrected chi connectivity index (χ1v) is 6.79. The highest BCUT2D eigenvalue weighted by molar-refractivity contribution is 5.92. The predicted octanol–water partition coefficient (Wildman–Crippen LogP) is 2.80. The fourth-order valence-electron chi connectivity index (χ4n) is 2.13. The van der Waals surface area contributed by atoms with Gasteiger partial charge in [0.2, 0.25) is 0 Å². The summed E-state index contributed by atoms with van der Waals surface area (Å²) in [7, 11) is 0. The van der Waals surface area contributed by atoms with Crippen molar-refractivity contribution in [3.63, 3.8) is 0 Å². The summed E-state index contributed by atoms with van der Waals surface area (Å²) in [5.74, 6) is -0.582. The molecule has 0 spiro atoms. The van der Waals surface area contributed by atoms with Gasteiger partial charge in [-0.1, -0.05) is 13.8 Å². The van der Waals surface area contributed by atoms with E-state index in [1.165, 1.54) is 0 Å². The Balaban J connectivity index is 2.54. The van der Waals surface area contributed by atoms with Crippen molar-refractivity contribution in [1.82, 2.24) is 15.2 Å².